The molecule has 0 radical (unpaired) electrons. The van der Waals surface area contributed by atoms with Crippen molar-refractivity contribution in [2.75, 3.05) is 18.4 Å². The molecule has 7 nitrogen and oxygen atoms in total. The van der Waals surface area contributed by atoms with Gasteiger partial charge in [0.25, 0.3) is 0 Å². The summed E-state index contributed by atoms with van der Waals surface area (Å²) in [5.41, 5.74) is 1.85. The number of piperidine rings is 1. The van der Waals surface area contributed by atoms with Gasteiger partial charge < -0.3 is 4.57 Å². The predicted molar refractivity (Wildman–Crippen MR) is 117 cm³/mol. The molecular formula is C22H26N4O3S. The Bertz CT molecular complexity index is 1130. The number of nitrogens with one attached hydrogen (secondary N) is 1. The van der Waals surface area contributed by atoms with Crippen LogP contribution in [-0.2, 0) is 21.4 Å². The highest BCUT2D eigenvalue weighted by Crippen LogP contribution is 2.26. The minimum Gasteiger partial charge on any atom is -0.310 e. The van der Waals surface area contributed by atoms with Gasteiger partial charge in [-0.3, -0.25) is 10.1 Å². The summed E-state index contributed by atoms with van der Waals surface area (Å²) in [7, 11) is -3.52. The van der Waals surface area contributed by atoms with Crippen molar-refractivity contribution in [2.45, 2.75) is 37.6 Å². The molecule has 1 aliphatic heterocycles. The van der Waals surface area contributed by atoms with Gasteiger partial charge in [-0.05, 0) is 43.5 Å². The number of amides is 1. The highest BCUT2D eigenvalue weighted by Gasteiger charge is 2.32. The summed E-state index contributed by atoms with van der Waals surface area (Å²) in [5, 5.41) is 2.98. The van der Waals surface area contributed by atoms with Crippen molar-refractivity contribution >= 4 is 32.9 Å². The number of aryl methyl sites for hydroxylation is 1. The topological polar surface area (TPSA) is 84.3 Å². The van der Waals surface area contributed by atoms with E-state index in [-0.39, 0.29) is 11.8 Å². The van der Waals surface area contributed by atoms with Crippen LogP contribution in [-0.4, -0.2) is 41.3 Å². The van der Waals surface area contributed by atoms with Crippen LogP contribution >= 0.6 is 0 Å². The lowest BCUT2D eigenvalue weighted by atomic mass is 9.97. The Morgan fingerprint density at radius 3 is 2.43 bits per heavy atom. The van der Waals surface area contributed by atoms with E-state index in [1.165, 1.54) is 4.31 Å². The van der Waals surface area contributed by atoms with Crippen LogP contribution in [0, 0.1) is 5.92 Å². The molecule has 1 aliphatic rings. The maximum Gasteiger partial charge on any atom is 0.243 e. The first-order valence-electron chi connectivity index (χ1n) is 10.3. The Balaban J connectivity index is 1.44. The summed E-state index contributed by atoms with van der Waals surface area (Å²) in [5.74, 6) is 0.226. The third-order valence-corrected chi connectivity index (χ3v) is 7.46. The lowest BCUT2D eigenvalue weighted by Gasteiger charge is -2.30. The molecule has 1 fully saturated rings. The van der Waals surface area contributed by atoms with Crippen LogP contribution in [0.15, 0.2) is 59.5 Å². The van der Waals surface area contributed by atoms with E-state index in [0.29, 0.717) is 36.8 Å². The molecule has 30 heavy (non-hydrogen) atoms. The van der Waals surface area contributed by atoms with Crippen molar-refractivity contribution in [1.82, 2.24) is 13.9 Å². The maximum atomic E-state index is 12.9. The van der Waals surface area contributed by atoms with Crippen molar-refractivity contribution in [3.05, 3.63) is 54.6 Å². The molecule has 0 atom stereocenters. The summed E-state index contributed by atoms with van der Waals surface area (Å²) in [6.45, 7) is 3.52. The molecule has 1 N–H and O–H groups in total. The average molecular weight is 427 g/mol. The number of fused-ring (bicyclic) bond motifs is 1. The van der Waals surface area contributed by atoms with Gasteiger partial charge in [0, 0.05) is 25.6 Å². The zero-order chi connectivity index (χ0) is 21.1. The number of benzene rings is 2. The zero-order valence-electron chi connectivity index (χ0n) is 17.0. The van der Waals surface area contributed by atoms with Crippen LogP contribution < -0.4 is 5.32 Å². The van der Waals surface area contributed by atoms with E-state index < -0.39 is 10.0 Å². The van der Waals surface area contributed by atoms with Gasteiger partial charge >= 0.3 is 0 Å². The molecule has 1 amide bonds. The monoisotopic (exact) mass is 426 g/mol. The number of carbonyl (C=O) groups excluding carboxylic acids is 1. The number of hydrogen-bond acceptors (Lipinski definition) is 4. The largest absolute Gasteiger partial charge is 0.310 e. The standard InChI is InChI=1S/C22H26N4O3S/c1-2-14-26-20-11-7-6-10-19(20)23-22(26)24-21(27)17-12-15-25(16-13-17)30(28,29)18-8-4-3-5-9-18/h3-11,17H,2,12-16H2,1H3,(H,23,24,27). The molecule has 2 heterocycles. The second-order valence-corrected chi connectivity index (χ2v) is 9.49. The molecule has 0 spiro atoms. The fourth-order valence-electron chi connectivity index (χ4n) is 3.93. The lowest BCUT2D eigenvalue weighted by molar-refractivity contribution is -0.121. The van der Waals surface area contributed by atoms with Crippen LogP contribution in [0.4, 0.5) is 5.95 Å². The van der Waals surface area contributed by atoms with Gasteiger partial charge in [-0.1, -0.05) is 37.3 Å². The molecule has 4 rings (SSSR count). The second kappa shape index (κ2) is 8.57. The number of imidazole rings is 1. The highest BCUT2D eigenvalue weighted by molar-refractivity contribution is 7.89. The molecule has 0 aliphatic carbocycles. The molecule has 8 heteroatoms. The van der Waals surface area contributed by atoms with Crippen molar-refractivity contribution in [3.8, 4) is 0 Å². The number of nitrogens with zero attached hydrogens (tertiary/aromatic N) is 3. The Morgan fingerprint density at radius 2 is 1.73 bits per heavy atom. The van der Waals surface area contributed by atoms with Crippen LogP contribution in [0.5, 0.6) is 0 Å². The van der Waals surface area contributed by atoms with E-state index in [1.54, 1.807) is 30.3 Å². The smallest absolute Gasteiger partial charge is 0.243 e. The summed E-state index contributed by atoms with van der Waals surface area (Å²) in [6, 6.07) is 16.3. The lowest BCUT2D eigenvalue weighted by Crippen LogP contribution is -2.41. The summed E-state index contributed by atoms with van der Waals surface area (Å²) < 4.78 is 29.1. The van der Waals surface area contributed by atoms with Crippen molar-refractivity contribution < 1.29 is 13.2 Å². The van der Waals surface area contributed by atoms with E-state index in [0.717, 1.165) is 24.0 Å². The number of aromatic nitrogens is 2. The quantitative estimate of drug-likeness (QED) is 0.654. The van der Waals surface area contributed by atoms with Crippen LogP contribution in [0.2, 0.25) is 0 Å². The number of sulfonamides is 1. The molecule has 1 aromatic heterocycles. The number of anilines is 1. The van der Waals surface area contributed by atoms with Gasteiger partial charge in [0.15, 0.2) is 0 Å². The van der Waals surface area contributed by atoms with Crippen LogP contribution in [0.1, 0.15) is 26.2 Å². The molecule has 3 aromatic rings. The number of carbonyl (C=O) groups is 1. The molecule has 0 unspecified atom stereocenters. The highest BCUT2D eigenvalue weighted by atomic mass is 32.2. The number of para-hydroxylation sites is 2. The van der Waals surface area contributed by atoms with Crippen LogP contribution in [0.3, 0.4) is 0 Å². The fourth-order valence-corrected chi connectivity index (χ4v) is 5.42. The van der Waals surface area contributed by atoms with E-state index in [2.05, 4.69) is 17.2 Å². The van der Waals surface area contributed by atoms with Crippen LogP contribution in [0.25, 0.3) is 11.0 Å². The van der Waals surface area contributed by atoms with E-state index >= 15 is 0 Å². The van der Waals surface area contributed by atoms with Gasteiger partial charge in [-0.2, -0.15) is 4.31 Å². The summed E-state index contributed by atoms with van der Waals surface area (Å²) in [4.78, 5) is 17.8. The zero-order valence-corrected chi connectivity index (χ0v) is 17.8. The van der Waals surface area contributed by atoms with Gasteiger partial charge in [0.1, 0.15) is 0 Å². The van der Waals surface area contributed by atoms with Gasteiger partial charge in [0.05, 0.1) is 15.9 Å². The third kappa shape index (κ3) is 3.97. The van der Waals surface area contributed by atoms with E-state index in [4.69, 9.17) is 0 Å². The number of rotatable bonds is 6. The Morgan fingerprint density at radius 1 is 1.07 bits per heavy atom. The first kappa shape index (κ1) is 20.6. The molecule has 0 saturated carbocycles. The normalized spacial score (nSPS) is 16.0. The summed E-state index contributed by atoms with van der Waals surface area (Å²) >= 11 is 0. The first-order valence-corrected chi connectivity index (χ1v) is 11.8. The molecule has 0 bridgehead atoms. The third-order valence-electron chi connectivity index (χ3n) is 5.54. The minimum atomic E-state index is -3.52. The van der Waals surface area contributed by atoms with Gasteiger partial charge in [0.2, 0.25) is 21.9 Å². The minimum absolute atomic E-state index is 0.0978. The summed E-state index contributed by atoms with van der Waals surface area (Å²) in [6.07, 6.45) is 1.91. The molecule has 1 saturated heterocycles. The predicted octanol–water partition coefficient (Wildman–Crippen LogP) is 3.49. The Labute approximate surface area is 176 Å². The van der Waals surface area contributed by atoms with Crippen molar-refractivity contribution in [1.29, 1.82) is 0 Å². The van der Waals surface area contributed by atoms with Gasteiger partial charge in [-0.25, -0.2) is 13.4 Å². The van der Waals surface area contributed by atoms with Crippen molar-refractivity contribution in [2.24, 2.45) is 5.92 Å². The van der Waals surface area contributed by atoms with E-state index in [1.807, 2.05) is 28.8 Å². The van der Waals surface area contributed by atoms with Gasteiger partial charge in [-0.15, -0.1) is 0 Å². The average Bonchev–Trinajstić information content (AvgIpc) is 3.12. The molecule has 2 aromatic carbocycles. The fraction of sp³-hybridized carbons (Fsp3) is 0.364. The maximum absolute atomic E-state index is 12.9. The Hall–Kier alpha value is -2.71. The second-order valence-electron chi connectivity index (χ2n) is 7.56. The molecular weight excluding hydrogens is 400 g/mol. The number of hydrogen-bond donors (Lipinski definition) is 1. The first-order chi connectivity index (χ1) is 14.5. The molecule has 158 valence electrons. The SMILES string of the molecule is CCCn1c(NC(=O)C2CCN(S(=O)(=O)c3ccccc3)CC2)nc2ccccc21. The Kier molecular flexibility index (Phi) is 5.87. The van der Waals surface area contributed by atoms with E-state index in [9.17, 15) is 13.2 Å². The van der Waals surface area contributed by atoms with Crippen molar-refractivity contribution in [3.63, 3.8) is 0 Å².